The molecule has 0 aromatic carbocycles. The Bertz CT molecular complexity index is 628. The Morgan fingerprint density at radius 2 is 1.46 bits per heavy atom. The maximum Gasteiger partial charge on any atom is 0.221 e. The molecule has 1 rings (SSSR count). The summed E-state index contributed by atoms with van der Waals surface area (Å²) in [6.07, 6.45) is 20.4. The third-order valence-corrected chi connectivity index (χ3v) is 19.8. The molecule has 1 aliphatic heterocycles. The average molecular weight is 450 g/mol. The smallest absolute Gasteiger partial charge is 0.221 e. The molecule has 5 heteroatoms. The van der Waals surface area contributed by atoms with Crippen LogP contribution >= 0.6 is 21.3 Å². The first kappa shape index (κ1) is 26.7. The van der Waals surface area contributed by atoms with Crippen molar-refractivity contribution in [2.45, 2.75) is 80.0 Å². The molecule has 28 heavy (non-hydrogen) atoms. The normalized spacial score (nSPS) is 28.2. The second kappa shape index (κ2) is 9.88. The Hall–Kier alpha value is 0.690. The minimum Gasteiger partial charge on any atom is -0.349 e. The summed E-state index contributed by atoms with van der Waals surface area (Å²) in [7, 11) is -0.527. The van der Waals surface area contributed by atoms with Crippen LogP contribution in [0, 0.1) is 11.3 Å². The van der Waals surface area contributed by atoms with Gasteiger partial charge in [0.05, 0.1) is 12.4 Å². The number of ether oxygens (including phenoxy) is 2. The van der Waals surface area contributed by atoms with Crippen LogP contribution in [0.2, 0.25) is 0 Å². The summed E-state index contributed by atoms with van der Waals surface area (Å²) in [5.41, 5.74) is 0.138. The highest BCUT2D eigenvalue weighted by Crippen LogP contribution is 2.59. The van der Waals surface area contributed by atoms with E-state index in [0.29, 0.717) is 5.92 Å². The molecular formula is C23H48O2P3+. The second-order valence-electron chi connectivity index (χ2n) is 10.1. The fraction of sp³-hybridized carbons (Fsp3) is 0.870. The first-order chi connectivity index (χ1) is 12.7. The lowest BCUT2D eigenvalue weighted by atomic mass is 9.78. The maximum atomic E-state index is 6.59. The molecule has 0 aromatic rings. The first-order valence-electron chi connectivity index (χ1n) is 11.0. The van der Waals surface area contributed by atoms with Gasteiger partial charge in [-0.25, -0.2) is 0 Å². The van der Waals surface area contributed by atoms with Gasteiger partial charge in [-0.15, -0.1) is 13.2 Å². The third kappa shape index (κ3) is 6.34. The molecular weight excluding hydrogens is 401 g/mol. The molecule has 5 atom stereocenters. The molecule has 1 fully saturated rings. The van der Waals surface area contributed by atoms with Crippen molar-refractivity contribution >= 4 is 40.2 Å². The zero-order valence-corrected chi connectivity index (χ0v) is 22.9. The number of rotatable bonds is 11. The van der Waals surface area contributed by atoms with Crippen molar-refractivity contribution in [3.05, 3.63) is 0 Å². The van der Waals surface area contributed by atoms with Gasteiger partial charge in [0.15, 0.2) is 6.29 Å². The minimum absolute atomic E-state index is 0.135. The van der Waals surface area contributed by atoms with Gasteiger partial charge in [0.1, 0.15) is 13.4 Å². The van der Waals surface area contributed by atoms with Crippen LogP contribution in [0.4, 0.5) is 0 Å². The van der Waals surface area contributed by atoms with Crippen molar-refractivity contribution in [3.8, 4) is 0 Å². The number of hydrogen-bond acceptors (Lipinski definition) is 2. The molecule has 0 aliphatic carbocycles. The van der Waals surface area contributed by atoms with E-state index in [4.69, 9.17) is 15.8 Å². The van der Waals surface area contributed by atoms with Gasteiger partial charge < -0.3 is 9.47 Å². The Labute approximate surface area is 177 Å². The van der Waals surface area contributed by atoms with Gasteiger partial charge in [-0.2, -0.15) is 0 Å². The van der Waals surface area contributed by atoms with Crippen molar-refractivity contribution in [1.82, 2.24) is 0 Å². The van der Waals surface area contributed by atoms with Gasteiger partial charge in [0.2, 0.25) is 5.34 Å². The highest BCUT2D eigenvalue weighted by molar-refractivity contribution is 7.84. The molecule has 2 nitrogen and oxygen atoms in total. The first-order valence-corrected chi connectivity index (χ1v) is 17.8. The van der Waals surface area contributed by atoms with E-state index in [9.17, 15) is 0 Å². The van der Waals surface area contributed by atoms with Crippen molar-refractivity contribution in [2.24, 2.45) is 11.3 Å². The van der Waals surface area contributed by atoms with Crippen LogP contribution in [0.25, 0.3) is 0 Å². The van der Waals surface area contributed by atoms with Gasteiger partial charge in [0.25, 0.3) is 0 Å². The fourth-order valence-corrected chi connectivity index (χ4v) is 14.2. The van der Waals surface area contributed by atoms with Crippen LogP contribution in [-0.2, 0) is 9.47 Å². The SMILES string of the molecule is C=[P+](CP(=C)(CC)CCP(=C)(CC)CC)C(C)(C)OC1OC(C)C(C)(C)C1C. The highest BCUT2D eigenvalue weighted by atomic mass is 31.2. The Morgan fingerprint density at radius 3 is 1.86 bits per heavy atom. The van der Waals surface area contributed by atoms with Crippen LogP contribution in [0.3, 0.4) is 0 Å². The van der Waals surface area contributed by atoms with Crippen LogP contribution in [-0.4, -0.2) is 73.3 Å². The maximum absolute atomic E-state index is 6.59. The molecule has 0 amide bonds. The van der Waals surface area contributed by atoms with Gasteiger partial charge in [-0.1, -0.05) is 54.7 Å². The van der Waals surface area contributed by atoms with E-state index in [1.165, 1.54) is 30.8 Å². The zero-order chi connectivity index (χ0) is 22.0. The summed E-state index contributed by atoms with van der Waals surface area (Å²) < 4.78 is 12.8. The molecule has 0 spiro atoms. The molecule has 0 saturated carbocycles. The largest absolute Gasteiger partial charge is 0.349 e. The van der Waals surface area contributed by atoms with E-state index in [-0.39, 0.29) is 23.2 Å². The van der Waals surface area contributed by atoms with Crippen molar-refractivity contribution in [1.29, 1.82) is 0 Å². The monoisotopic (exact) mass is 449 g/mol. The molecule has 1 saturated heterocycles. The molecule has 0 aromatic heterocycles. The standard InChI is InChI=1S/C23H48O2P3/c1-13-27(11,14-2)16-17-28(12,15-3)18-26(10)23(8,9)25-21-19(4)22(6,7)20(5)24-21/h19-21H,10-18H2,1-9H3/q+1. The molecule has 0 bridgehead atoms. The van der Waals surface area contributed by atoms with E-state index < -0.39 is 21.3 Å². The lowest BCUT2D eigenvalue weighted by Crippen LogP contribution is -2.33. The van der Waals surface area contributed by atoms with Crippen molar-refractivity contribution in [3.63, 3.8) is 0 Å². The van der Waals surface area contributed by atoms with Crippen LogP contribution in [0.5, 0.6) is 0 Å². The van der Waals surface area contributed by atoms with Crippen molar-refractivity contribution < 1.29 is 9.47 Å². The summed E-state index contributed by atoms with van der Waals surface area (Å²) in [6, 6.07) is 0. The van der Waals surface area contributed by atoms with E-state index in [2.05, 4.69) is 74.9 Å². The Kier molecular flexibility index (Phi) is 9.43. The van der Waals surface area contributed by atoms with Crippen molar-refractivity contribution in [2.75, 3.05) is 36.7 Å². The highest BCUT2D eigenvalue weighted by Gasteiger charge is 2.50. The summed E-state index contributed by atoms with van der Waals surface area (Å²) in [4.78, 5) is 0. The predicted octanol–water partition coefficient (Wildman–Crippen LogP) is 6.98. The van der Waals surface area contributed by atoms with Gasteiger partial charge in [0, 0.05) is 19.8 Å². The molecule has 0 radical (unpaired) electrons. The van der Waals surface area contributed by atoms with Gasteiger partial charge >= 0.3 is 0 Å². The van der Waals surface area contributed by atoms with E-state index >= 15 is 0 Å². The Balaban J connectivity index is 2.82. The van der Waals surface area contributed by atoms with Crippen LogP contribution in [0.15, 0.2) is 0 Å². The average Bonchev–Trinajstić information content (AvgIpc) is 2.82. The lowest BCUT2D eigenvalue weighted by Gasteiger charge is -2.31. The lowest BCUT2D eigenvalue weighted by molar-refractivity contribution is -0.176. The Morgan fingerprint density at radius 1 is 1.00 bits per heavy atom. The van der Waals surface area contributed by atoms with E-state index in [0.717, 1.165) is 5.90 Å². The molecule has 166 valence electrons. The zero-order valence-electron chi connectivity index (χ0n) is 20.3. The number of hydrogen-bond donors (Lipinski definition) is 0. The quantitative estimate of drug-likeness (QED) is 0.317. The van der Waals surface area contributed by atoms with E-state index in [1.54, 1.807) is 0 Å². The summed E-state index contributed by atoms with van der Waals surface area (Å²) in [5.74, 6) is 1.53. The summed E-state index contributed by atoms with van der Waals surface area (Å²) >= 11 is 0. The molecule has 0 N–H and O–H groups in total. The molecule has 1 heterocycles. The molecule has 5 unspecified atom stereocenters. The van der Waals surface area contributed by atoms with Gasteiger partial charge in [-0.05, 0) is 43.1 Å². The predicted molar refractivity (Wildman–Crippen MR) is 141 cm³/mol. The van der Waals surface area contributed by atoms with Crippen LogP contribution < -0.4 is 0 Å². The third-order valence-electron chi connectivity index (χ3n) is 7.67. The fourth-order valence-electron chi connectivity index (χ4n) is 3.53. The summed E-state index contributed by atoms with van der Waals surface area (Å²) in [6.45, 7) is 18.1. The topological polar surface area (TPSA) is 18.5 Å². The van der Waals surface area contributed by atoms with E-state index in [1.807, 2.05) is 0 Å². The van der Waals surface area contributed by atoms with Gasteiger partial charge in [-0.3, -0.25) is 0 Å². The van der Waals surface area contributed by atoms with Crippen LogP contribution in [0.1, 0.15) is 62.3 Å². The molecule has 1 aliphatic rings. The summed E-state index contributed by atoms with van der Waals surface area (Å²) in [5, 5.41) is -0.251. The second-order valence-corrected chi connectivity index (χ2v) is 21.5. The minimum atomic E-state index is -1.24.